The first-order valence-electron chi connectivity index (χ1n) is 12.7. The maximum absolute atomic E-state index is 13.5. The number of Topliss-reactive ketones (excluding diaryl/α,β-unsaturated/α-hetero) is 2. The molecule has 41 heavy (non-hydrogen) atoms. The summed E-state index contributed by atoms with van der Waals surface area (Å²) >= 11 is 0. The molecule has 0 spiro atoms. The normalized spacial score (nSPS) is 22.7. The lowest BCUT2D eigenvalue weighted by atomic mass is 9.78. The Labute approximate surface area is 236 Å². The molecular weight excluding hydrogens is 564 g/mol. The Hall–Kier alpha value is -4.03. The molecule has 0 saturated carbocycles. The summed E-state index contributed by atoms with van der Waals surface area (Å²) in [5, 5.41) is 1.62. The van der Waals surface area contributed by atoms with Crippen molar-refractivity contribution in [2.75, 3.05) is 0 Å². The first-order chi connectivity index (χ1) is 19.3. The number of nitrogens with zero attached hydrogens (tertiary/aromatic N) is 1. The first-order valence-corrected chi connectivity index (χ1v) is 15.6. The number of benzene rings is 3. The van der Waals surface area contributed by atoms with Crippen LogP contribution in [0.5, 0.6) is 0 Å². The molecule has 0 fully saturated rings. The SMILES string of the molecule is Cc1ccc(S(=O)(=O)NC2C=C(S(=O)(=O)O)C=C3C=CC(C4C(=O)c5cc6ccccc6cc5C4=O)=NC32C)cc1. The summed E-state index contributed by atoms with van der Waals surface area (Å²) in [6.07, 6.45) is 5.22. The molecule has 1 heterocycles. The Morgan fingerprint density at radius 2 is 1.46 bits per heavy atom. The van der Waals surface area contributed by atoms with Crippen molar-refractivity contribution in [3.8, 4) is 0 Å². The molecule has 6 rings (SSSR count). The van der Waals surface area contributed by atoms with Crippen LogP contribution >= 0.6 is 0 Å². The molecule has 2 aliphatic carbocycles. The molecule has 0 aromatic heterocycles. The van der Waals surface area contributed by atoms with Crippen molar-refractivity contribution in [3.05, 3.63) is 112 Å². The van der Waals surface area contributed by atoms with Crippen LogP contribution in [0.2, 0.25) is 0 Å². The summed E-state index contributed by atoms with van der Waals surface area (Å²) in [7, 11) is -8.89. The van der Waals surface area contributed by atoms with Crippen LogP contribution in [0.25, 0.3) is 10.8 Å². The number of ketones is 2. The van der Waals surface area contributed by atoms with Crippen molar-refractivity contribution in [2.45, 2.75) is 30.3 Å². The third-order valence-electron chi connectivity index (χ3n) is 7.76. The maximum atomic E-state index is 13.5. The van der Waals surface area contributed by atoms with Crippen LogP contribution in [0, 0.1) is 12.8 Å². The number of carbonyl (C=O) groups excluding carboxylic acids is 2. The fraction of sp³-hybridized carbons (Fsp3) is 0.167. The predicted octanol–water partition coefficient (Wildman–Crippen LogP) is 3.97. The van der Waals surface area contributed by atoms with E-state index in [0.717, 1.165) is 22.4 Å². The molecule has 9 nitrogen and oxygen atoms in total. The van der Waals surface area contributed by atoms with Gasteiger partial charge in [0.1, 0.15) is 11.5 Å². The number of nitrogens with one attached hydrogen (secondary N) is 1. The zero-order valence-corrected chi connectivity index (χ0v) is 23.5. The van der Waals surface area contributed by atoms with E-state index in [-0.39, 0.29) is 27.3 Å². The maximum Gasteiger partial charge on any atom is 0.294 e. The summed E-state index contributed by atoms with van der Waals surface area (Å²) in [4.78, 5) is 31.2. The quantitative estimate of drug-likeness (QED) is 0.339. The molecule has 3 aromatic carbocycles. The minimum absolute atomic E-state index is 0.0520. The molecule has 3 aliphatic rings. The fourth-order valence-corrected chi connectivity index (χ4v) is 7.30. The van der Waals surface area contributed by atoms with E-state index in [1.54, 1.807) is 38.1 Å². The van der Waals surface area contributed by atoms with Crippen LogP contribution in [0.15, 0.2) is 105 Å². The standard InChI is InChI=1S/C30H24N2O7S2/c1-17-7-10-21(11-8-17)40(35,36)32-26-16-22(41(37,38)39)15-20-9-12-25(31-30(20,26)2)27-28(33)23-13-18-5-3-4-6-19(18)14-24(23)29(27)34/h3-16,26-27,32H,1-2H3,(H,37,38,39). The molecule has 2 N–H and O–H groups in total. The van der Waals surface area contributed by atoms with Gasteiger partial charge >= 0.3 is 0 Å². The minimum Gasteiger partial charge on any atom is -0.293 e. The van der Waals surface area contributed by atoms with Gasteiger partial charge in [0.25, 0.3) is 10.1 Å². The summed E-state index contributed by atoms with van der Waals surface area (Å²) in [6.45, 7) is 3.38. The van der Waals surface area contributed by atoms with Gasteiger partial charge in [-0.15, -0.1) is 0 Å². The van der Waals surface area contributed by atoms with Gasteiger partial charge in [0.2, 0.25) is 10.0 Å². The number of carbonyl (C=O) groups is 2. The highest BCUT2D eigenvalue weighted by Gasteiger charge is 2.47. The van der Waals surface area contributed by atoms with E-state index < -0.39 is 54.1 Å². The number of hydrogen-bond acceptors (Lipinski definition) is 7. The molecule has 208 valence electrons. The van der Waals surface area contributed by atoms with Crippen molar-refractivity contribution in [1.82, 2.24) is 4.72 Å². The van der Waals surface area contributed by atoms with Crippen molar-refractivity contribution < 1.29 is 31.0 Å². The smallest absolute Gasteiger partial charge is 0.293 e. The second-order valence-electron chi connectivity index (χ2n) is 10.5. The van der Waals surface area contributed by atoms with Gasteiger partial charge in [-0.05, 0) is 72.7 Å². The Morgan fingerprint density at radius 1 is 0.878 bits per heavy atom. The number of rotatable bonds is 5. The number of hydrogen-bond donors (Lipinski definition) is 2. The van der Waals surface area contributed by atoms with E-state index in [1.165, 1.54) is 30.4 Å². The van der Waals surface area contributed by atoms with Crippen molar-refractivity contribution >= 4 is 48.2 Å². The molecular formula is C30H24N2O7S2. The van der Waals surface area contributed by atoms with Gasteiger partial charge in [-0.1, -0.05) is 48.0 Å². The van der Waals surface area contributed by atoms with E-state index in [9.17, 15) is 31.0 Å². The summed E-state index contributed by atoms with van der Waals surface area (Å²) in [5.74, 6) is -2.08. The van der Waals surface area contributed by atoms with E-state index >= 15 is 0 Å². The van der Waals surface area contributed by atoms with Gasteiger partial charge in [-0.2, -0.15) is 8.42 Å². The molecule has 2 atom stereocenters. The van der Waals surface area contributed by atoms with E-state index in [0.29, 0.717) is 0 Å². The number of fused-ring (bicyclic) bond motifs is 3. The summed E-state index contributed by atoms with van der Waals surface area (Å²) in [6, 6.07) is 15.5. The molecule has 0 amide bonds. The van der Waals surface area contributed by atoms with E-state index in [2.05, 4.69) is 4.72 Å². The number of allylic oxidation sites excluding steroid dienone is 2. The van der Waals surface area contributed by atoms with E-state index in [1.807, 2.05) is 24.3 Å². The van der Waals surface area contributed by atoms with E-state index in [4.69, 9.17) is 4.99 Å². The molecule has 1 aliphatic heterocycles. The minimum atomic E-state index is -4.70. The number of aliphatic imine (C=N–C) groups is 1. The second-order valence-corrected chi connectivity index (χ2v) is 13.6. The monoisotopic (exact) mass is 588 g/mol. The molecule has 0 saturated heterocycles. The summed E-state index contributed by atoms with van der Waals surface area (Å²) < 4.78 is 63.2. The number of aryl methyl sites for hydroxylation is 1. The van der Waals surface area contributed by atoms with Crippen LogP contribution in [-0.4, -0.2) is 50.2 Å². The van der Waals surface area contributed by atoms with Gasteiger partial charge in [-0.3, -0.25) is 19.1 Å². The van der Waals surface area contributed by atoms with Gasteiger partial charge in [-0.25, -0.2) is 13.1 Å². The predicted molar refractivity (Wildman–Crippen MR) is 154 cm³/mol. The highest BCUT2D eigenvalue weighted by molar-refractivity contribution is 7.90. The lowest BCUT2D eigenvalue weighted by Crippen LogP contribution is -2.53. The van der Waals surface area contributed by atoms with Crippen molar-refractivity contribution in [3.63, 3.8) is 0 Å². The lowest BCUT2D eigenvalue weighted by Gasteiger charge is -2.39. The van der Waals surface area contributed by atoms with Gasteiger partial charge in [0, 0.05) is 11.1 Å². The third-order valence-corrected chi connectivity index (χ3v) is 10.1. The van der Waals surface area contributed by atoms with Crippen molar-refractivity contribution in [1.29, 1.82) is 0 Å². The topological polar surface area (TPSA) is 147 Å². The van der Waals surface area contributed by atoms with Crippen LogP contribution in [0.1, 0.15) is 33.2 Å². The molecule has 11 heteroatoms. The third kappa shape index (κ3) is 4.51. The Bertz CT molecular complexity index is 1970. The Balaban J connectivity index is 1.43. The van der Waals surface area contributed by atoms with Crippen LogP contribution in [-0.2, 0) is 20.1 Å². The zero-order valence-electron chi connectivity index (χ0n) is 21.9. The fourth-order valence-electron chi connectivity index (χ4n) is 5.45. The summed E-state index contributed by atoms with van der Waals surface area (Å²) in [5.41, 5.74) is 0.372. The van der Waals surface area contributed by atoms with Crippen LogP contribution < -0.4 is 4.72 Å². The molecule has 3 aromatic rings. The first kappa shape index (κ1) is 27.2. The Kier molecular flexibility index (Phi) is 6.12. The molecule has 0 bridgehead atoms. The second kappa shape index (κ2) is 9.25. The zero-order chi connectivity index (χ0) is 29.3. The van der Waals surface area contributed by atoms with Gasteiger partial charge in [0.05, 0.1) is 21.6 Å². The average molecular weight is 589 g/mol. The van der Waals surface area contributed by atoms with Gasteiger partial charge < -0.3 is 0 Å². The Morgan fingerprint density at radius 3 is 2.02 bits per heavy atom. The molecule has 2 unspecified atom stereocenters. The largest absolute Gasteiger partial charge is 0.294 e. The molecule has 0 radical (unpaired) electrons. The number of sulfonamides is 1. The number of dihydropyridines is 1. The van der Waals surface area contributed by atoms with Crippen LogP contribution in [0.3, 0.4) is 0 Å². The highest BCUT2D eigenvalue weighted by Crippen LogP contribution is 2.40. The average Bonchev–Trinajstić information content (AvgIpc) is 3.15. The van der Waals surface area contributed by atoms with Crippen molar-refractivity contribution in [2.24, 2.45) is 10.9 Å². The highest BCUT2D eigenvalue weighted by atomic mass is 32.2. The van der Waals surface area contributed by atoms with Gasteiger partial charge in [0.15, 0.2) is 11.6 Å². The van der Waals surface area contributed by atoms with Crippen LogP contribution in [0.4, 0.5) is 0 Å². The lowest BCUT2D eigenvalue weighted by molar-refractivity contribution is 0.0883.